The summed E-state index contributed by atoms with van der Waals surface area (Å²) in [4.78, 5) is 37.5. The maximum atomic E-state index is 13.3. The largest absolute Gasteiger partial charge is 0.424 e. The van der Waals surface area contributed by atoms with Gasteiger partial charge in [0.25, 0.3) is 11.8 Å². The highest BCUT2D eigenvalue weighted by Crippen LogP contribution is 2.27. The molecule has 8 nitrogen and oxygen atoms in total. The molecule has 1 aromatic heterocycles. The number of rotatable bonds is 5. The highest BCUT2D eigenvalue weighted by molar-refractivity contribution is 5.95. The topological polar surface area (TPSA) is 87.7 Å². The van der Waals surface area contributed by atoms with Gasteiger partial charge in [-0.05, 0) is 49.0 Å². The molecule has 0 radical (unpaired) electrons. The Balaban J connectivity index is 1.51. The van der Waals surface area contributed by atoms with Crippen LogP contribution in [0, 0.1) is 0 Å². The van der Waals surface area contributed by atoms with Gasteiger partial charge < -0.3 is 15.0 Å². The van der Waals surface area contributed by atoms with Crippen molar-refractivity contribution in [2.75, 3.05) is 33.7 Å². The highest BCUT2D eigenvalue weighted by Gasteiger charge is 2.29. The van der Waals surface area contributed by atoms with Crippen LogP contribution in [0.4, 0.5) is 0 Å². The van der Waals surface area contributed by atoms with Gasteiger partial charge in [0.1, 0.15) is 5.75 Å². The number of hydrogen-bond donors (Lipinski definition) is 1. The second-order valence-electron chi connectivity index (χ2n) is 7.61. The number of nitrogens with one attached hydrogen (secondary N) is 1. The van der Waals surface area contributed by atoms with E-state index in [1.165, 1.54) is 0 Å². The molecule has 0 saturated carbocycles. The maximum absolute atomic E-state index is 13.3. The molecule has 1 aliphatic heterocycles. The minimum Gasteiger partial charge on any atom is -0.424 e. The predicted molar refractivity (Wildman–Crippen MR) is 120 cm³/mol. The third-order valence-corrected chi connectivity index (χ3v) is 5.53. The van der Waals surface area contributed by atoms with Crippen LogP contribution < -0.4 is 10.1 Å². The summed E-state index contributed by atoms with van der Waals surface area (Å²) in [5.41, 5.74) is 2.15. The van der Waals surface area contributed by atoms with Crippen LogP contribution in [-0.4, -0.2) is 65.3 Å². The number of carbonyl (C=O) groups excluding carboxylic acids is 2. The van der Waals surface area contributed by atoms with Crippen molar-refractivity contribution in [3.05, 3.63) is 83.7 Å². The summed E-state index contributed by atoms with van der Waals surface area (Å²) >= 11 is 0. The first-order chi connectivity index (χ1) is 15.5. The van der Waals surface area contributed by atoms with Gasteiger partial charge in [-0.15, -0.1) is 0 Å². The Morgan fingerprint density at radius 3 is 2.53 bits per heavy atom. The first-order valence-corrected chi connectivity index (χ1v) is 10.4. The molecule has 8 heteroatoms. The Kier molecular flexibility index (Phi) is 6.42. The zero-order chi connectivity index (χ0) is 22.5. The fraction of sp³-hybridized carbons (Fsp3) is 0.250. The van der Waals surface area contributed by atoms with Crippen molar-refractivity contribution in [1.82, 2.24) is 25.1 Å². The quantitative estimate of drug-likeness (QED) is 0.668. The number of ether oxygens (including phenoxy) is 1. The maximum Gasteiger partial charge on any atom is 0.321 e. The summed E-state index contributed by atoms with van der Waals surface area (Å²) in [6.45, 7) is 1.88. The number of nitrogens with zero attached hydrogens (tertiary/aromatic N) is 4. The lowest BCUT2D eigenvalue weighted by Gasteiger charge is -2.40. The molecule has 2 amide bonds. The van der Waals surface area contributed by atoms with Crippen molar-refractivity contribution in [3.8, 4) is 11.8 Å². The molecule has 3 aromatic rings. The lowest BCUT2D eigenvalue weighted by molar-refractivity contribution is 0.0545. The fourth-order valence-electron chi connectivity index (χ4n) is 3.77. The fourth-order valence-corrected chi connectivity index (χ4v) is 3.77. The monoisotopic (exact) mass is 431 g/mol. The van der Waals surface area contributed by atoms with Gasteiger partial charge >= 0.3 is 6.01 Å². The van der Waals surface area contributed by atoms with E-state index in [2.05, 4.69) is 20.2 Å². The van der Waals surface area contributed by atoms with Crippen LogP contribution in [0.5, 0.6) is 11.8 Å². The average Bonchev–Trinajstić information content (AvgIpc) is 2.84. The summed E-state index contributed by atoms with van der Waals surface area (Å²) in [5.74, 6) is 0.313. The molecule has 2 aromatic carbocycles. The van der Waals surface area contributed by atoms with Crippen LogP contribution in [0.2, 0.25) is 0 Å². The number of piperazine rings is 1. The van der Waals surface area contributed by atoms with Gasteiger partial charge in [0.05, 0.1) is 6.04 Å². The minimum atomic E-state index is -0.127. The number of hydrogen-bond acceptors (Lipinski definition) is 6. The molecule has 2 heterocycles. The summed E-state index contributed by atoms with van der Waals surface area (Å²) in [6, 6.07) is 16.5. The van der Waals surface area contributed by atoms with Gasteiger partial charge in [-0.25, -0.2) is 9.97 Å². The van der Waals surface area contributed by atoms with Crippen LogP contribution in [0.1, 0.15) is 32.3 Å². The van der Waals surface area contributed by atoms with Gasteiger partial charge in [0, 0.05) is 50.2 Å². The highest BCUT2D eigenvalue weighted by atomic mass is 16.5. The van der Waals surface area contributed by atoms with E-state index in [4.69, 9.17) is 4.74 Å². The molecule has 1 fully saturated rings. The predicted octanol–water partition coefficient (Wildman–Crippen LogP) is 2.76. The molecule has 0 spiro atoms. The van der Waals surface area contributed by atoms with E-state index in [1.54, 1.807) is 55.8 Å². The van der Waals surface area contributed by atoms with Gasteiger partial charge in [0.15, 0.2) is 0 Å². The number of carbonyl (C=O) groups is 2. The second-order valence-corrected chi connectivity index (χ2v) is 7.61. The molecule has 164 valence electrons. The van der Waals surface area contributed by atoms with Gasteiger partial charge in [-0.1, -0.05) is 18.2 Å². The molecule has 0 bridgehead atoms. The van der Waals surface area contributed by atoms with Gasteiger partial charge in [0.2, 0.25) is 0 Å². The molecule has 1 atom stereocenters. The van der Waals surface area contributed by atoms with Crippen molar-refractivity contribution >= 4 is 11.8 Å². The second kappa shape index (κ2) is 9.57. The van der Waals surface area contributed by atoms with E-state index >= 15 is 0 Å². The molecule has 1 N–H and O–H groups in total. The summed E-state index contributed by atoms with van der Waals surface area (Å²) < 4.78 is 5.67. The van der Waals surface area contributed by atoms with Crippen LogP contribution >= 0.6 is 0 Å². The molecular weight excluding hydrogens is 406 g/mol. The Hall–Kier alpha value is -3.78. The van der Waals surface area contributed by atoms with E-state index < -0.39 is 0 Å². The lowest BCUT2D eigenvalue weighted by atomic mass is 9.99. The van der Waals surface area contributed by atoms with Gasteiger partial charge in [-0.3, -0.25) is 14.5 Å². The smallest absolute Gasteiger partial charge is 0.321 e. The average molecular weight is 431 g/mol. The molecule has 0 aliphatic carbocycles. The lowest BCUT2D eigenvalue weighted by Crippen LogP contribution is -2.49. The van der Waals surface area contributed by atoms with Gasteiger partial charge in [-0.2, -0.15) is 0 Å². The van der Waals surface area contributed by atoms with E-state index in [0.717, 1.165) is 12.1 Å². The zero-order valence-corrected chi connectivity index (χ0v) is 18.1. The Bertz CT molecular complexity index is 1110. The van der Waals surface area contributed by atoms with E-state index in [9.17, 15) is 9.59 Å². The Labute approximate surface area is 186 Å². The third-order valence-electron chi connectivity index (χ3n) is 5.53. The number of likely N-dealkylation sites (N-methyl/N-ethyl adjacent to an activating group) is 1. The van der Waals surface area contributed by atoms with Crippen LogP contribution in [0.25, 0.3) is 0 Å². The van der Waals surface area contributed by atoms with Crippen LogP contribution in [0.15, 0.2) is 67.0 Å². The minimum absolute atomic E-state index is 0.00513. The van der Waals surface area contributed by atoms with Crippen molar-refractivity contribution < 1.29 is 14.3 Å². The standard InChI is InChI=1S/C24H25N5O3/c1-25-22(30)18-7-3-6-17(14-18)21-16-29(13-12-28(21)2)23(31)19-8-4-9-20(15-19)32-24-26-10-5-11-27-24/h3-11,14-15,21H,12-13,16H2,1-2H3,(H,25,30). The normalized spacial score (nSPS) is 16.4. The summed E-state index contributed by atoms with van der Waals surface area (Å²) in [5, 5.41) is 2.66. The molecule has 4 rings (SSSR count). The molecule has 1 aliphatic rings. The number of aromatic nitrogens is 2. The van der Waals surface area contributed by atoms with Crippen molar-refractivity contribution in [1.29, 1.82) is 0 Å². The van der Waals surface area contributed by atoms with E-state index in [1.807, 2.05) is 30.1 Å². The zero-order valence-electron chi connectivity index (χ0n) is 18.1. The van der Waals surface area contributed by atoms with Crippen molar-refractivity contribution in [2.24, 2.45) is 0 Å². The molecule has 1 unspecified atom stereocenters. The number of amides is 2. The van der Waals surface area contributed by atoms with Crippen molar-refractivity contribution in [3.63, 3.8) is 0 Å². The molecule has 32 heavy (non-hydrogen) atoms. The third kappa shape index (κ3) is 4.76. The number of benzene rings is 2. The Morgan fingerprint density at radius 2 is 1.75 bits per heavy atom. The molecule has 1 saturated heterocycles. The summed E-state index contributed by atoms with van der Waals surface area (Å²) in [7, 11) is 3.65. The SMILES string of the molecule is CNC(=O)c1cccc(C2CN(C(=O)c3cccc(Oc4ncccn4)c3)CCN2C)c1. The molecular formula is C24H25N5O3. The van der Waals surface area contributed by atoms with Crippen LogP contribution in [0.3, 0.4) is 0 Å². The van der Waals surface area contributed by atoms with E-state index in [0.29, 0.717) is 30.0 Å². The van der Waals surface area contributed by atoms with E-state index in [-0.39, 0.29) is 23.9 Å². The first-order valence-electron chi connectivity index (χ1n) is 10.4. The van der Waals surface area contributed by atoms with Crippen molar-refractivity contribution in [2.45, 2.75) is 6.04 Å². The first kappa shape index (κ1) is 21.5. The Morgan fingerprint density at radius 1 is 1.00 bits per heavy atom. The summed E-state index contributed by atoms with van der Waals surface area (Å²) in [6.07, 6.45) is 3.20. The van der Waals surface area contributed by atoms with Crippen LogP contribution in [-0.2, 0) is 0 Å².